The molecule has 0 spiro atoms. The van der Waals surface area contributed by atoms with Crippen LogP contribution in [0.5, 0.6) is 0 Å². The first kappa shape index (κ1) is 11.5. The highest BCUT2D eigenvalue weighted by molar-refractivity contribution is 7.84. The number of nitrogens with two attached hydrogens (primary N) is 1. The van der Waals surface area contributed by atoms with Crippen molar-refractivity contribution in [2.45, 2.75) is 24.9 Å². The summed E-state index contributed by atoms with van der Waals surface area (Å²) in [5, 5.41) is 0.781. The molecule has 4 heteroatoms. The van der Waals surface area contributed by atoms with Gasteiger partial charge in [0.05, 0.1) is 5.75 Å². The van der Waals surface area contributed by atoms with E-state index in [-0.39, 0.29) is 5.25 Å². The molecule has 1 aromatic rings. The minimum absolute atomic E-state index is 0.147. The summed E-state index contributed by atoms with van der Waals surface area (Å²) in [7, 11) is -0.880. The van der Waals surface area contributed by atoms with E-state index in [9.17, 15) is 4.21 Å². The summed E-state index contributed by atoms with van der Waals surface area (Å²) in [6.45, 7) is 3.85. The number of benzene rings is 1. The molecule has 0 fully saturated rings. The first-order valence-corrected chi connectivity index (χ1v) is 6.18. The Morgan fingerprint density at radius 3 is 2.71 bits per heavy atom. The Kier molecular flexibility index (Phi) is 3.96. The topological polar surface area (TPSA) is 43.1 Å². The van der Waals surface area contributed by atoms with E-state index in [0.29, 0.717) is 16.5 Å². The second kappa shape index (κ2) is 4.80. The van der Waals surface area contributed by atoms with Crippen LogP contribution >= 0.6 is 11.6 Å². The number of rotatable bonds is 3. The molecule has 0 heterocycles. The molecule has 1 atom stereocenters. The smallest absolute Gasteiger partial charge is 0.0509 e. The molecule has 0 saturated carbocycles. The Balaban J connectivity index is 2.86. The third kappa shape index (κ3) is 3.00. The predicted octanol–water partition coefficient (Wildman–Crippen LogP) is 2.58. The van der Waals surface area contributed by atoms with Crippen molar-refractivity contribution in [3.8, 4) is 0 Å². The maximum atomic E-state index is 11.6. The summed E-state index contributed by atoms with van der Waals surface area (Å²) in [6.07, 6.45) is 0. The van der Waals surface area contributed by atoms with E-state index in [4.69, 9.17) is 17.3 Å². The lowest BCUT2D eigenvalue weighted by Gasteiger charge is -2.08. The van der Waals surface area contributed by atoms with Gasteiger partial charge in [0.15, 0.2) is 0 Å². The lowest BCUT2D eigenvalue weighted by molar-refractivity contribution is 0.676. The Morgan fingerprint density at radius 2 is 2.14 bits per heavy atom. The van der Waals surface area contributed by atoms with E-state index < -0.39 is 10.8 Å². The fourth-order valence-electron chi connectivity index (χ4n) is 1.02. The fourth-order valence-corrected chi connectivity index (χ4v) is 2.10. The number of hydrogen-bond acceptors (Lipinski definition) is 2. The summed E-state index contributed by atoms with van der Waals surface area (Å²) >= 11 is 5.83. The van der Waals surface area contributed by atoms with Gasteiger partial charge >= 0.3 is 0 Å². The summed E-state index contributed by atoms with van der Waals surface area (Å²) in [4.78, 5) is 0. The first-order valence-electron chi connectivity index (χ1n) is 4.41. The second-order valence-electron chi connectivity index (χ2n) is 3.42. The average Bonchev–Trinajstić information content (AvgIpc) is 2.11. The van der Waals surface area contributed by atoms with Crippen molar-refractivity contribution < 1.29 is 4.21 Å². The van der Waals surface area contributed by atoms with Crippen molar-refractivity contribution in [3.05, 3.63) is 28.8 Å². The van der Waals surface area contributed by atoms with Crippen molar-refractivity contribution in [2.24, 2.45) is 0 Å². The molecule has 0 aliphatic heterocycles. The minimum Gasteiger partial charge on any atom is -0.398 e. The second-order valence-corrected chi connectivity index (χ2v) is 5.85. The van der Waals surface area contributed by atoms with Gasteiger partial charge in [-0.25, -0.2) is 0 Å². The zero-order chi connectivity index (χ0) is 10.7. The molecule has 0 aliphatic carbocycles. The van der Waals surface area contributed by atoms with Gasteiger partial charge < -0.3 is 5.73 Å². The molecule has 0 saturated heterocycles. The monoisotopic (exact) mass is 231 g/mol. The van der Waals surface area contributed by atoms with Gasteiger partial charge in [0.1, 0.15) is 0 Å². The van der Waals surface area contributed by atoms with Gasteiger partial charge in [-0.15, -0.1) is 0 Å². The van der Waals surface area contributed by atoms with Crippen LogP contribution < -0.4 is 5.73 Å². The largest absolute Gasteiger partial charge is 0.398 e. The predicted molar refractivity (Wildman–Crippen MR) is 62.8 cm³/mol. The van der Waals surface area contributed by atoms with Gasteiger partial charge in [-0.3, -0.25) is 4.21 Å². The Morgan fingerprint density at radius 1 is 1.50 bits per heavy atom. The van der Waals surface area contributed by atoms with Crippen LogP contribution in [0.3, 0.4) is 0 Å². The van der Waals surface area contributed by atoms with Crippen molar-refractivity contribution in [1.82, 2.24) is 0 Å². The van der Waals surface area contributed by atoms with Gasteiger partial charge in [0.2, 0.25) is 0 Å². The lowest BCUT2D eigenvalue weighted by Crippen LogP contribution is -2.09. The minimum atomic E-state index is -0.880. The van der Waals surface area contributed by atoms with Crippen molar-refractivity contribution in [1.29, 1.82) is 0 Å². The number of halogens is 1. The van der Waals surface area contributed by atoms with Crippen LogP contribution in [0.1, 0.15) is 19.4 Å². The van der Waals surface area contributed by atoms with Gasteiger partial charge in [0, 0.05) is 26.8 Å². The van der Waals surface area contributed by atoms with Gasteiger partial charge in [-0.1, -0.05) is 25.4 Å². The molecule has 2 N–H and O–H groups in total. The molecular weight excluding hydrogens is 218 g/mol. The fraction of sp³-hybridized carbons (Fsp3) is 0.400. The molecule has 1 rings (SSSR count). The van der Waals surface area contributed by atoms with E-state index >= 15 is 0 Å². The van der Waals surface area contributed by atoms with E-state index in [0.717, 1.165) is 5.56 Å². The lowest BCUT2D eigenvalue weighted by atomic mass is 10.2. The maximum absolute atomic E-state index is 11.6. The molecule has 0 amide bonds. The highest BCUT2D eigenvalue weighted by Crippen LogP contribution is 2.20. The van der Waals surface area contributed by atoms with E-state index in [2.05, 4.69) is 0 Å². The number of nitrogen functional groups attached to an aromatic ring is 1. The molecular formula is C10H14ClNOS. The standard InChI is InChI=1S/C10H14ClNOS/c1-7(2)14(13)6-8-5-9(11)3-4-10(8)12/h3-5,7H,6,12H2,1-2H3. The van der Waals surface area contributed by atoms with Crippen LogP contribution in [0, 0.1) is 0 Å². The highest BCUT2D eigenvalue weighted by atomic mass is 35.5. The van der Waals surface area contributed by atoms with Crippen molar-refractivity contribution >= 4 is 28.1 Å². The summed E-state index contributed by atoms with van der Waals surface area (Å²) < 4.78 is 11.6. The molecule has 0 radical (unpaired) electrons. The third-order valence-electron chi connectivity index (χ3n) is 1.93. The van der Waals surface area contributed by atoms with Crippen LogP contribution in [0.2, 0.25) is 5.02 Å². The first-order chi connectivity index (χ1) is 6.50. The zero-order valence-electron chi connectivity index (χ0n) is 8.29. The van der Waals surface area contributed by atoms with Crippen LogP contribution in [0.25, 0.3) is 0 Å². The molecule has 1 aromatic carbocycles. The van der Waals surface area contributed by atoms with E-state index in [1.807, 2.05) is 13.8 Å². The van der Waals surface area contributed by atoms with Crippen molar-refractivity contribution in [2.75, 3.05) is 5.73 Å². The zero-order valence-corrected chi connectivity index (χ0v) is 9.86. The molecule has 0 aromatic heterocycles. The van der Waals surface area contributed by atoms with Gasteiger partial charge in [0.25, 0.3) is 0 Å². The van der Waals surface area contributed by atoms with Crippen molar-refractivity contribution in [3.63, 3.8) is 0 Å². The summed E-state index contributed by atoms with van der Waals surface area (Å²) in [6, 6.07) is 5.26. The van der Waals surface area contributed by atoms with Gasteiger partial charge in [-0.05, 0) is 23.8 Å². The molecule has 14 heavy (non-hydrogen) atoms. The van der Waals surface area contributed by atoms with Crippen LogP contribution in [0.4, 0.5) is 5.69 Å². The molecule has 2 nitrogen and oxygen atoms in total. The van der Waals surface area contributed by atoms with E-state index in [1.165, 1.54) is 0 Å². The summed E-state index contributed by atoms with van der Waals surface area (Å²) in [5.41, 5.74) is 7.27. The highest BCUT2D eigenvalue weighted by Gasteiger charge is 2.08. The average molecular weight is 232 g/mol. The molecule has 0 bridgehead atoms. The number of anilines is 1. The summed E-state index contributed by atoms with van der Waals surface area (Å²) in [5.74, 6) is 0.476. The third-order valence-corrected chi connectivity index (χ3v) is 3.81. The van der Waals surface area contributed by atoms with Gasteiger partial charge in [-0.2, -0.15) is 0 Å². The van der Waals surface area contributed by atoms with Crippen LogP contribution in [-0.4, -0.2) is 9.46 Å². The Labute approximate surface area is 91.9 Å². The Bertz CT molecular complexity index is 352. The van der Waals surface area contributed by atoms with Crippen LogP contribution in [-0.2, 0) is 16.6 Å². The number of hydrogen-bond donors (Lipinski definition) is 1. The quantitative estimate of drug-likeness (QED) is 0.813. The van der Waals surface area contributed by atoms with E-state index in [1.54, 1.807) is 18.2 Å². The normalized spacial score (nSPS) is 13.1. The van der Waals surface area contributed by atoms with Crippen LogP contribution in [0.15, 0.2) is 18.2 Å². The Hall–Kier alpha value is -0.540. The SMILES string of the molecule is CC(C)S(=O)Cc1cc(Cl)ccc1N. The molecule has 78 valence electrons. The molecule has 0 aliphatic rings. The molecule has 1 unspecified atom stereocenters. The maximum Gasteiger partial charge on any atom is 0.0509 e.